The van der Waals surface area contributed by atoms with E-state index in [1.807, 2.05) is 0 Å². The van der Waals surface area contributed by atoms with Crippen molar-refractivity contribution >= 4 is 21.7 Å². The van der Waals surface area contributed by atoms with Crippen LogP contribution in [0.1, 0.15) is 90.4 Å². The third kappa shape index (κ3) is 12.9. The Balaban J connectivity index is 2.35. The number of β-amino-alcohol motifs (C(OH)–C–C–N with tert-alkyl or cyclic N) is 2. The summed E-state index contributed by atoms with van der Waals surface area (Å²) in [6.45, 7) is 3.45. The van der Waals surface area contributed by atoms with E-state index in [1.54, 1.807) is 9.48 Å². The molecular weight excluding hydrogens is 432 g/mol. The lowest BCUT2D eigenvalue weighted by Crippen LogP contribution is -2.40. The summed E-state index contributed by atoms with van der Waals surface area (Å²) in [5.41, 5.74) is 0. The average Bonchev–Trinajstić information content (AvgIpc) is 3.09. The lowest BCUT2D eigenvalue weighted by molar-refractivity contribution is -0.525. The number of hydrogen-bond donors (Lipinski definition) is 3. The van der Waals surface area contributed by atoms with Gasteiger partial charge >= 0.3 is 5.84 Å². The van der Waals surface area contributed by atoms with Crippen molar-refractivity contribution in [2.45, 2.75) is 96.5 Å². The minimum absolute atomic E-state index is 0.0397. The molecule has 1 aliphatic rings. The van der Waals surface area contributed by atoms with Gasteiger partial charge in [-0.15, -0.1) is 0 Å². The summed E-state index contributed by atoms with van der Waals surface area (Å²) in [5.74, 6) is -0.359. The van der Waals surface area contributed by atoms with E-state index in [2.05, 4.69) is 6.92 Å². The van der Waals surface area contributed by atoms with E-state index in [4.69, 9.17) is 4.55 Å². The number of aliphatic hydroxyl groups excluding tert-OH is 2. The maximum Gasteiger partial charge on any atom is 0.316 e. The van der Waals surface area contributed by atoms with Gasteiger partial charge in [0.05, 0.1) is 6.61 Å². The van der Waals surface area contributed by atoms with E-state index in [1.165, 1.54) is 57.8 Å². The van der Waals surface area contributed by atoms with Crippen LogP contribution >= 0.6 is 0 Å². The minimum Gasteiger partial charge on any atom is -0.392 e. The molecule has 0 aliphatic carbocycles. The second kappa shape index (κ2) is 16.6. The summed E-state index contributed by atoms with van der Waals surface area (Å²) in [5, 5.41) is 19.3. The Morgan fingerprint density at radius 1 is 1.00 bits per heavy atom. The number of hydrogen-bond acceptors (Lipinski definition) is 6. The topological polar surface area (TPSA) is 118 Å². The Labute approximate surface area is 194 Å². The molecule has 0 bridgehead atoms. The first-order valence-corrected chi connectivity index (χ1v) is 14.0. The molecule has 0 aromatic rings. The van der Waals surface area contributed by atoms with E-state index in [0.717, 1.165) is 19.3 Å². The number of Topliss-reactive ketones (excluding diaryl/α,β-unsaturated/α-hetero) is 1. The Bertz CT molecular complexity index is 665. The van der Waals surface area contributed by atoms with Crippen LogP contribution in [0.25, 0.3) is 0 Å². The van der Waals surface area contributed by atoms with Gasteiger partial charge in [-0.05, 0) is 6.42 Å². The highest BCUT2D eigenvalue weighted by Gasteiger charge is 2.36. The summed E-state index contributed by atoms with van der Waals surface area (Å²) >= 11 is 0. The highest BCUT2D eigenvalue weighted by molar-refractivity contribution is 7.85. The van der Waals surface area contributed by atoms with Gasteiger partial charge in [-0.1, -0.05) is 77.6 Å². The van der Waals surface area contributed by atoms with Gasteiger partial charge in [0.2, 0.25) is 5.78 Å². The molecule has 1 unspecified atom stereocenters. The monoisotopic (exact) mass is 477 g/mol. The van der Waals surface area contributed by atoms with Crippen molar-refractivity contribution in [2.75, 3.05) is 38.5 Å². The molecule has 9 heteroatoms. The fraction of sp³-hybridized carbons (Fsp3) is 0.913. The summed E-state index contributed by atoms with van der Waals surface area (Å²) < 4.78 is 32.6. The Hall–Kier alpha value is -1.03. The fourth-order valence-electron chi connectivity index (χ4n) is 4.31. The molecule has 1 atom stereocenters. The molecule has 0 saturated carbocycles. The maximum absolute atomic E-state index is 12.8. The second-order valence-corrected chi connectivity index (χ2v) is 10.4. The van der Waals surface area contributed by atoms with Gasteiger partial charge in [0.25, 0.3) is 10.1 Å². The number of carbonyl (C=O) groups excluding carboxylic acids is 1. The predicted octanol–water partition coefficient (Wildman–Crippen LogP) is 2.61. The van der Waals surface area contributed by atoms with Gasteiger partial charge in [-0.25, -0.2) is 0 Å². The van der Waals surface area contributed by atoms with Crippen LogP contribution in [-0.2, 0) is 14.9 Å². The van der Waals surface area contributed by atoms with Crippen molar-refractivity contribution in [3.63, 3.8) is 0 Å². The van der Waals surface area contributed by atoms with Gasteiger partial charge < -0.3 is 10.2 Å². The number of aliphatic hydroxyl groups is 2. The number of amidine groups is 1. The normalized spacial score (nSPS) is 15.6. The molecule has 0 spiro atoms. The van der Waals surface area contributed by atoms with Crippen LogP contribution in [0.2, 0.25) is 0 Å². The molecule has 0 amide bonds. The van der Waals surface area contributed by atoms with Crippen LogP contribution in [0, 0.1) is 0 Å². The van der Waals surface area contributed by atoms with Gasteiger partial charge in [-0.3, -0.25) is 18.8 Å². The fourth-order valence-corrected chi connectivity index (χ4v) is 4.90. The first kappa shape index (κ1) is 29.0. The van der Waals surface area contributed by atoms with Crippen LogP contribution < -0.4 is 0 Å². The molecule has 188 valence electrons. The van der Waals surface area contributed by atoms with E-state index in [0.29, 0.717) is 31.9 Å². The highest BCUT2D eigenvalue weighted by atomic mass is 32.2. The number of carbonyl (C=O) groups is 1. The van der Waals surface area contributed by atoms with Crippen molar-refractivity contribution in [3.05, 3.63) is 0 Å². The Morgan fingerprint density at radius 2 is 1.53 bits per heavy atom. The van der Waals surface area contributed by atoms with E-state index in [9.17, 15) is 23.4 Å². The number of unbranched alkanes of at least 4 members (excludes halogenated alkanes) is 11. The Morgan fingerprint density at radius 3 is 2.03 bits per heavy atom. The van der Waals surface area contributed by atoms with Crippen molar-refractivity contribution < 1.29 is 32.6 Å². The molecule has 1 rings (SSSR count). The molecule has 1 heterocycles. The highest BCUT2D eigenvalue weighted by Crippen LogP contribution is 2.14. The van der Waals surface area contributed by atoms with Crippen molar-refractivity contribution in [1.29, 1.82) is 0 Å². The molecule has 0 aromatic carbocycles. The number of nitrogens with zero attached hydrogens (tertiary/aromatic N) is 2. The third-order valence-corrected chi connectivity index (χ3v) is 6.76. The zero-order chi connectivity index (χ0) is 23.8. The molecule has 32 heavy (non-hydrogen) atoms. The summed E-state index contributed by atoms with van der Waals surface area (Å²) in [7, 11) is -4.29. The van der Waals surface area contributed by atoms with E-state index in [-0.39, 0.29) is 18.9 Å². The lowest BCUT2D eigenvalue weighted by Gasteiger charge is -2.13. The van der Waals surface area contributed by atoms with Crippen molar-refractivity contribution in [2.24, 2.45) is 0 Å². The third-order valence-electron chi connectivity index (χ3n) is 5.95. The van der Waals surface area contributed by atoms with Crippen molar-refractivity contribution in [1.82, 2.24) is 4.90 Å². The molecule has 0 fully saturated rings. The quantitative estimate of drug-likeness (QED) is 0.140. The summed E-state index contributed by atoms with van der Waals surface area (Å²) in [4.78, 5) is 14.6. The van der Waals surface area contributed by atoms with Gasteiger partial charge in [-0.2, -0.15) is 8.42 Å². The standard InChI is InChI=1S/C23H44N2O6S/c1-2-3-4-5-6-7-8-9-10-11-12-13-14-22(28)23-24(17-18-26)15-16-25(23)19-21(27)20-32(29,30)31/h21,26-27H,2-20H2,1H3/p+1. The first-order valence-electron chi connectivity index (χ1n) is 12.4. The van der Waals surface area contributed by atoms with E-state index < -0.39 is 22.0 Å². The van der Waals surface area contributed by atoms with Crippen LogP contribution in [-0.4, -0.2) is 88.9 Å². The maximum atomic E-state index is 12.8. The largest absolute Gasteiger partial charge is 0.392 e. The molecular formula is C23H45N2O6S+. The first-order chi connectivity index (χ1) is 15.3. The smallest absolute Gasteiger partial charge is 0.316 e. The van der Waals surface area contributed by atoms with Crippen LogP contribution in [0.3, 0.4) is 0 Å². The van der Waals surface area contributed by atoms with Gasteiger partial charge in [0.15, 0.2) is 0 Å². The van der Waals surface area contributed by atoms with Gasteiger partial charge in [0, 0.05) is 6.42 Å². The zero-order valence-electron chi connectivity index (χ0n) is 19.9. The lowest BCUT2D eigenvalue weighted by atomic mass is 10.0. The zero-order valence-corrected chi connectivity index (χ0v) is 20.7. The van der Waals surface area contributed by atoms with Crippen LogP contribution in [0.5, 0.6) is 0 Å². The minimum atomic E-state index is -4.29. The SMILES string of the molecule is CCCCCCCCCCCCCCC(=O)C1=[N+](CC(O)CS(=O)(=O)O)CCN1CCO. The summed E-state index contributed by atoms with van der Waals surface area (Å²) in [6, 6.07) is 0. The predicted molar refractivity (Wildman–Crippen MR) is 127 cm³/mol. The Kier molecular flexibility index (Phi) is 15.0. The molecule has 8 nitrogen and oxygen atoms in total. The second-order valence-electron chi connectivity index (χ2n) is 8.94. The molecule has 3 N–H and O–H groups in total. The molecule has 0 aromatic heterocycles. The molecule has 0 saturated heterocycles. The van der Waals surface area contributed by atoms with Crippen LogP contribution in [0.15, 0.2) is 0 Å². The molecule has 0 radical (unpaired) electrons. The number of rotatable bonds is 20. The van der Waals surface area contributed by atoms with E-state index >= 15 is 0 Å². The summed E-state index contributed by atoms with van der Waals surface area (Å²) in [6.07, 6.45) is 13.8. The average molecular weight is 478 g/mol. The molecule has 1 aliphatic heterocycles. The number of ketones is 1. The van der Waals surface area contributed by atoms with Crippen LogP contribution in [0.4, 0.5) is 0 Å². The van der Waals surface area contributed by atoms with Crippen molar-refractivity contribution in [3.8, 4) is 0 Å². The van der Waals surface area contributed by atoms with Gasteiger partial charge in [0.1, 0.15) is 38.0 Å².